The predicted octanol–water partition coefficient (Wildman–Crippen LogP) is 3.08. The minimum absolute atomic E-state index is 0.280. The number of amides is 4. The number of urea groups is 1. The maximum absolute atomic E-state index is 12.9. The molecule has 0 spiro atoms. The lowest BCUT2D eigenvalue weighted by atomic mass is 10.1. The van der Waals surface area contributed by atoms with Gasteiger partial charge in [0.25, 0.3) is 11.8 Å². The Balaban J connectivity index is 1.51. The molecule has 0 aliphatic carbocycles. The fourth-order valence-corrected chi connectivity index (χ4v) is 4.14. The Labute approximate surface area is 170 Å². The van der Waals surface area contributed by atoms with Crippen LogP contribution in [0.2, 0.25) is 0 Å². The number of aryl methyl sites for hydroxylation is 1. The summed E-state index contributed by atoms with van der Waals surface area (Å²) in [5.41, 5.74) is 1.37. The van der Waals surface area contributed by atoms with Gasteiger partial charge >= 0.3 is 6.03 Å². The SMILES string of the molecule is Cc1nc2cc(NC(=O)c3ccccc3SC[C@]3(C)NC(=O)NC3=O)ccc2o1. The van der Waals surface area contributed by atoms with Gasteiger partial charge in [-0.15, -0.1) is 11.8 Å². The van der Waals surface area contributed by atoms with Gasteiger partial charge in [0.1, 0.15) is 11.1 Å². The average molecular weight is 410 g/mol. The van der Waals surface area contributed by atoms with Crippen LogP contribution < -0.4 is 16.0 Å². The number of hydrogen-bond acceptors (Lipinski definition) is 6. The summed E-state index contributed by atoms with van der Waals surface area (Å²) >= 11 is 1.33. The van der Waals surface area contributed by atoms with Gasteiger partial charge in [0.05, 0.1) is 5.56 Å². The molecule has 1 aromatic heterocycles. The highest BCUT2D eigenvalue weighted by molar-refractivity contribution is 7.99. The van der Waals surface area contributed by atoms with Crippen molar-refractivity contribution >= 4 is 46.4 Å². The minimum atomic E-state index is -1.03. The average Bonchev–Trinajstić information content (AvgIpc) is 3.17. The third-order valence-electron chi connectivity index (χ3n) is 4.52. The molecule has 8 nitrogen and oxygen atoms in total. The summed E-state index contributed by atoms with van der Waals surface area (Å²) in [5.74, 6) is 0.187. The van der Waals surface area contributed by atoms with E-state index in [1.807, 2.05) is 12.1 Å². The smallest absolute Gasteiger partial charge is 0.322 e. The molecule has 0 radical (unpaired) electrons. The molecule has 4 rings (SSSR count). The number of oxazole rings is 1. The van der Waals surface area contributed by atoms with Gasteiger partial charge < -0.3 is 15.1 Å². The Hall–Kier alpha value is -3.33. The number of anilines is 1. The number of benzene rings is 2. The summed E-state index contributed by atoms with van der Waals surface area (Å²) in [6.07, 6.45) is 0. The lowest BCUT2D eigenvalue weighted by Gasteiger charge is -2.20. The highest BCUT2D eigenvalue weighted by Crippen LogP contribution is 2.28. The number of imide groups is 1. The van der Waals surface area contributed by atoms with Crippen LogP contribution >= 0.6 is 11.8 Å². The number of rotatable bonds is 5. The van der Waals surface area contributed by atoms with E-state index in [1.165, 1.54) is 11.8 Å². The molecule has 3 N–H and O–H groups in total. The summed E-state index contributed by atoms with van der Waals surface area (Å²) in [7, 11) is 0. The van der Waals surface area contributed by atoms with E-state index in [0.717, 1.165) is 0 Å². The number of carbonyl (C=O) groups excluding carboxylic acids is 3. The van der Waals surface area contributed by atoms with Crippen LogP contribution in [0, 0.1) is 6.92 Å². The van der Waals surface area contributed by atoms with Crippen molar-refractivity contribution in [3.05, 3.63) is 53.9 Å². The molecule has 0 unspecified atom stereocenters. The van der Waals surface area contributed by atoms with E-state index in [2.05, 4.69) is 20.9 Å². The summed E-state index contributed by atoms with van der Waals surface area (Å²) in [6, 6.07) is 11.9. The lowest BCUT2D eigenvalue weighted by Crippen LogP contribution is -2.46. The van der Waals surface area contributed by atoms with E-state index < -0.39 is 11.6 Å². The zero-order valence-corrected chi connectivity index (χ0v) is 16.6. The van der Waals surface area contributed by atoms with Crippen LogP contribution in [-0.2, 0) is 4.79 Å². The maximum atomic E-state index is 12.9. The Morgan fingerprint density at radius 1 is 1.24 bits per heavy atom. The summed E-state index contributed by atoms with van der Waals surface area (Å²) < 4.78 is 5.45. The first-order valence-electron chi connectivity index (χ1n) is 8.88. The second kappa shape index (κ2) is 7.25. The van der Waals surface area contributed by atoms with Crippen LogP contribution in [0.1, 0.15) is 23.2 Å². The number of fused-ring (bicyclic) bond motifs is 1. The fraction of sp³-hybridized carbons (Fsp3) is 0.200. The summed E-state index contributed by atoms with van der Waals surface area (Å²) in [4.78, 5) is 41.3. The van der Waals surface area contributed by atoms with Crippen molar-refractivity contribution in [1.29, 1.82) is 0 Å². The molecule has 1 fully saturated rings. The van der Waals surface area contributed by atoms with Gasteiger partial charge in [-0.05, 0) is 37.3 Å². The van der Waals surface area contributed by atoms with Crippen molar-refractivity contribution in [2.45, 2.75) is 24.3 Å². The van der Waals surface area contributed by atoms with Crippen LogP contribution in [0.15, 0.2) is 51.8 Å². The van der Waals surface area contributed by atoms with Crippen LogP contribution in [-0.4, -0.2) is 34.1 Å². The zero-order valence-electron chi connectivity index (χ0n) is 15.7. The fourth-order valence-electron chi connectivity index (χ4n) is 3.00. The minimum Gasteiger partial charge on any atom is -0.441 e. The van der Waals surface area contributed by atoms with E-state index >= 15 is 0 Å². The third-order valence-corrected chi connectivity index (χ3v) is 5.91. The first kappa shape index (κ1) is 19.0. The second-order valence-corrected chi connectivity index (χ2v) is 7.91. The molecule has 0 saturated carbocycles. The molecule has 3 aromatic rings. The zero-order chi connectivity index (χ0) is 20.6. The van der Waals surface area contributed by atoms with Crippen molar-refractivity contribution in [3.63, 3.8) is 0 Å². The Kier molecular flexibility index (Phi) is 4.75. The van der Waals surface area contributed by atoms with E-state index in [4.69, 9.17) is 4.42 Å². The van der Waals surface area contributed by atoms with Crippen molar-refractivity contribution < 1.29 is 18.8 Å². The Morgan fingerprint density at radius 2 is 2.03 bits per heavy atom. The molecular weight excluding hydrogens is 392 g/mol. The van der Waals surface area contributed by atoms with E-state index in [1.54, 1.807) is 44.2 Å². The number of carbonyl (C=O) groups is 3. The molecule has 1 atom stereocenters. The molecule has 1 saturated heterocycles. The molecule has 0 bridgehead atoms. The monoisotopic (exact) mass is 410 g/mol. The van der Waals surface area contributed by atoms with Gasteiger partial charge in [0.15, 0.2) is 11.5 Å². The predicted molar refractivity (Wildman–Crippen MR) is 109 cm³/mol. The molecule has 148 valence electrons. The number of nitrogens with zero attached hydrogens (tertiary/aromatic N) is 1. The first-order chi connectivity index (χ1) is 13.8. The van der Waals surface area contributed by atoms with Crippen molar-refractivity contribution in [3.8, 4) is 0 Å². The molecule has 9 heteroatoms. The van der Waals surface area contributed by atoms with Crippen molar-refractivity contribution in [2.75, 3.05) is 11.1 Å². The molecule has 2 heterocycles. The Bertz CT molecular complexity index is 1140. The van der Waals surface area contributed by atoms with Gasteiger partial charge in [-0.3, -0.25) is 14.9 Å². The van der Waals surface area contributed by atoms with E-state index in [-0.39, 0.29) is 11.8 Å². The second-order valence-electron chi connectivity index (χ2n) is 6.89. The standard InChI is InChI=1S/C20H18N4O4S/c1-11-21-14-9-12(7-8-15(14)28-11)22-17(25)13-5-3-4-6-16(13)29-10-20(2)18(26)23-19(27)24-20/h3-9H,10H2,1-2H3,(H,22,25)(H2,23,24,26,27)/t20-/m0/s1. The summed E-state index contributed by atoms with van der Waals surface area (Å²) in [5, 5.41) is 7.73. The van der Waals surface area contributed by atoms with Crippen LogP contribution in [0.5, 0.6) is 0 Å². The maximum Gasteiger partial charge on any atom is 0.322 e. The molecule has 4 amide bonds. The third kappa shape index (κ3) is 3.81. The first-order valence-corrected chi connectivity index (χ1v) is 9.87. The topological polar surface area (TPSA) is 113 Å². The van der Waals surface area contributed by atoms with Crippen molar-refractivity contribution in [1.82, 2.24) is 15.6 Å². The van der Waals surface area contributed by atoms with Gasteiger partial charge in [-0.2, -0.15) is 0 Å². The lowest BCUT2D eigenvalue weighted by molar-refractivity contribution is -0.122. The van der Waals surface area contributed by atoms with Crippen LogP contribution in [0.3, 0.4) is 0 Å². The normalized spacial score (nSPS) is 18.6. The van der Waals surface area contributed by atoms with Gasteiger partial charge in [-0.1, -0.05) is 12.1 Å². The van der Waals surface area contributed by atoms with Crippen LogP contribution in [0.25, 0.3) is 11.1 Å². The molecule has 1 aliphatic heterocycles. The Morgan fingerprint density at radius 3 is 2.79 bits per heavy atom. The van der Waals surface area contributed by atoms with Gasteiger partial charge in [-0.25, -0.2) is 9.78 Å². The summed E-state index contributed by atoms with van der Waals surface area (Å²) in [6.45, 7) is 3.41. The quantitative estimate of drug-likeness (QED) is 0.440. The van der Waals surface area contributed by atoms with E-state index in [0.29, 0.717) is 38.9 Å². The van der Waals surface area contributed by atoms with Gasteiger partial charge in [0.2, 0.25) is 0 Å². The number of nitrogens with one attached hydrogen (secondary N) is 3. The van der Waals surface area contributed by atoms with Crippen molar-refractivity contribution in [2.24, 2.45) is 0 Å². The molecule has 2 aromatic carbocycles. The molecule has 1 aliphatic rings. The largest absolute Gasteiger partial charge is 0.441 e. The number of thioether (sulfide) groups is 1. The molecular formula is C20H18N4O4S. The molecule has 29 heavy (non-hydrogen) atoms. The number of hydrogen-bond donors (Lipinski definition) is 3. The highest BCUT2D eigenvalue weighted by atomic mass is 32.2. The van der Waals surface area contributed by atoms with Gasteiger partial charge in [0, 0.05) is 23.3 Å². The highest BCUT2D eigenvalue weighted by Gasteiger charge is 2.41. The van der Waals surface area contributed by atoms with E-state index in [9.17, 15) is 14.4 Å². The number of aromatic nitrogens is 1. The van der Waals surface area contributed by atoms with Crippen LogP contribution in [0.4, 0.5) is 10.5 Å².